The maximum Gasteiger partial charge on any atom is 0.322 e. The summed E-state index contributed by atoms with van der Waals surface area (Å²) in [4.78, 5) is 16.3. The highest BCUT2D eigenvalue weighted by Gasteiger charge is 2.22. The number of piperazine rings is 1. The molecule has 8 heteroatoms. The van der Waals surface area contributed by atoms with Crippen LogP contribution >= 0.6 is 46.4 Å². The van der Waals surface area contributed by atoms with Gasteiger partial charge in [-0.2, -0.15) is 0 Å². The lowest BCUT2D eigenvalue weighted by Gasteiger charge is -2.36. The summed E-state index contributed by atoms with van der Waals surface area (Å²) in [6, 6.07) is 10.4. The summed E-state index contributed by atoms with van der Waals surface area (Å²) in [7, 11) is 0. The van der Waals surface area contributed by atoms with E-state index in [1.807, 2.05) is 12.1 Å². The highest BCUT2D eigenvalue weighted by atomic mass is 35.5. The maximum atomic E-state index is 12.5. The molecule has 0 saturated carbocycles. The Morgan fingerprint density at radius 2 is 1.48 bits per heavy atom. The molecule has 0 bridgehead atoms. The van der Waals surface area contributed by atoms with Crippen LogP contribution in [0.3, 0.4) is 0 Å². The van der Waals surface area contributed by atoms with Crippen molar-refractivity contribution in [3.63, 3.8) is 0 Å². The van der Waals surface area contributed by atoms with Gasteiger partial charge in [-0.15, -0.1) is 0 Å². The van der Waals surface area contributed by atoms with E-state index >= 15 is 0 Å². The zero-order valence-electron chi connectivity index (χ0n) is 13.1. The van der Waals surface area contributed by atoms with E-state index in [2.05, 4.69) is 10.2 Å². The van der Waals surface area contributed by atoms with Crippen LogP contribution in [0.1, 0.15) is 0 Å². The minimum Gasteiger partial charge on any atom is -0.368 e. The summed E-state index contributed by atoms with van der Waals surface area (Å²) in [6.45, 7) is 2.55. The van der Waals surface area contributed by atoms with Crippen LogP contribution in [0, 0.1) is 0 Å². The van der Waals surface area contributed by atoms with Crippen molar-refractivity contribution in [2.45, 2.75) is 0 Å². The van der Waals surface area contributed by atoms with Gasteiger partial charge in [0.1, 0.15) is 0 Å². The van der Waals surface area contributed by atoms with E-state index < -0.39 is 0 Å². The van der Waals surface area contributed by atoms with Crippen molar-refractivity contribution in [1.29, 1.82) is 0 Å². The van der Waals surface area contributed by atoms with Crippen LogP contribution in [0.15, 0.2) is 36.4 Å². The predicted molar refractivity (Wildman–Crippen MR) is 106 cm³/mol. The Morgan fingerprint density at radius 1 is 0.840 bits per heavy atom. The van der Waals surface area contributed by atoms with Crippen LogP contribution in [-0.4, -0.2) is 37.1 Å². The second kappa shape index (κ2) is 7.92. The monoisotopic (exact) mass is 417 g/mol. The van der Waals surface area contributed by atoms with Crippen molar-refractivity contribution >= 4 is 63.8 Å². The molecule has 0 atom stereocenters. The first-order valence-electron chi connectivity index (χ1n) is 7.65. The van der Waals surface area contributed by atoms with Crippen LogP contribution in [-0.2, 0) is 0 Å². The number of halogens is 4. The molecular formula is C17H15Cl4N3O. The van der Waals surface area contributed by atoms with Crippen molar-refractivity contribution in [1.82, 2.24) is 4.90 Å². The number of hydrogen-bond acceptors (Lipinski definition) is 2. The lowest BCUT2D eigenvalue weighted by atomic mass is 10.2. The van der Waals surface area contributed by atoms with E-state index in [1.165, 1.54) is 0 Å². The summed E-state index contributed by atoms with van der Waals surface area (Å²) in [6.07, 6.45) is 0. The number of nitrogens with zero attached hydrogens (tertiary/aromatic N) is 2. The Bertz CT molecular complexity index is 771. The van der Waals surface area contributed by atoms with Crippen molar-refractivity contribution < 1.29 is 4.79 Å². The third kappa shape index (κ3) is 4.26. The highest BCUT2D eigenvalue weighted by Crippen LogP contribution is 2.30. The molecule has 1 aliphatic heterocycles. The molecule has 0 aromatic heterocycles. The van der Waals surface area contributed by atoms with Gasteiger partial charge < -0.3 is 15.1 Å². The minimum atomic E-state index is -0.219. The van der Waals surface area contributed by atoms with E-state index in [0.717, 1.165) is 5.69 Å². The van der Waals surface area contributed by atoms with Gasteiger partial charge in [0.15, 0.2) is 0 Å². The normalized spacial score (nSPS) is 14.6. The van der Waals surface area contributed by atoms with Crippen LogP contribution < -0.4 is 10.2 Å². The lowest BCUT2D eigenvalue weighted by molar-refractivity contribution is 0.208. The maximum absolute atomic E-state index is 12.5. The molecule has 1 aliphatic rings. The number of rotatable bonds is 2. The topological polar surface area (TPSA) is 35.6 Å². The largest absolute Gasteiger partial charge is 0.368 e. The van der Waals surface area contributed by atoms with Crippen LogP contribution in [0.4, 0.5) is 16.2 Å². The predicted octanol–water partition coefficient (Wildman–Crippen LogP) is 5.65. The molecule has 1 saturated heterocycles. The fraction of sp³-hybridized carbons (Fsp3) is 0.235. The van der Waals surface area contributed by atoms with E-state index in [1.54, 1.807) is 29.2 Å². The molecule has 4 nitrogen and oxygen atoms in total. The van der Waals surface area contributed by atoms with Gasteiger partial charge in [-0.25, -0.2) is 4.79 Å². The van der Waals surface area contributed by atoms with Gasteiger partial charge in [-0.05, 0) is 30.3 Å². The molecule has 0 aliphatic carbocycles. The van der Waals surface area contributed by atoms with Crippen LogP contribution in [0.5, 0.6) is 0 Å². The third-order valence-corrected chi connectivity index (χ3v) is 5.40. The second-order valence-corrected chi connectivity index (χ2v) is 7.23. The fourth-order valence-corrected chi connectivity index (χ4v) is 3.44. The Kier molecular flexibility index (Phi) is 5.85. The SMILES string of the molecule is O=C(Nc1c(Cl)cccc1Cl)N1CCN(c2ccc(Cl)c(Cl)c2)CC1. The average Bonchev–Trinajstić information content (AvgIpc) is 2.61. The van der Waals surface area contributed by atoms with Crippen molar-refractivity contribution in [2.24, 2.45) is 0 Å². The Hall–Kier alpha value is -1.33. The van der Waals surface area contributed by atoms with Crippen LogP contribution in [0.2, 0.25) is 20.1 Å². The van der Waals surface area contributed by atoms with Gasteiger partial charge in [0, 0.05) is 31.9 Å². The average molecular weight is 419 g/mol. The first-order chi connectivity index (χ1) is 12.0. The molecule has 25 heavy (non-hydrogen) atoms. The number of nitrogens with one attached hydrogen (secondary N) is 1. The number of urea groups is 1. The standard InChI is InChI=1S/C17H15Cl4N3O/c18-12-5-4-11(10-15(12)21)23-6-8-24(9-7-23)17(25)22-16-13(19)2-1-3-14(16)20/h1-5,10H,6-9H2,(H,22,25). The second-order valence-electron chi connectivity index (χ2n) is 5.60. The fourth-order valence-electron chi connectivity index (χ4n) is 2.65. The summed E-state index contributed by atoms with van der Waals surface area (Å²) >= 11 is 24.2. The van der Waals surface area contributed by atoms with Crippen molar-refractivity contribution in [3.05, 3.63) is 56.5 Å². The summed E-state index contributed by atoms with van der Waals surface area (Å²) < 4.78 is 0. The quantitative estimate of drug-likeness (QED) is 0.683. The highest BCUT2D eigenvalue weighted by molar-refractivity contribution is 6.42. The molecule has 1 heterocycles. The Morgan fingerprint density at radius 3 is 2.08 bits per heavy atom. The minimum absolute atomic E-state index is 0.219. The van der Waals surface area contributed by atoms with E-state index in [9.17, 15) is 4.79 Å². The molecular weight excluding hydrogens is 404 g/mol. The van der Waals surface area contributed by atoms with Gasteiger partial charge in [-0.3, -0.25) is 0 Å². The van der Waals surface area contributed by atoms with E-state index in [4.69, 9.17) is 46.4 Å². The first kappa shape index (κ1) is 18.5. The third-order valence-electron chi connectivity index (χ3n) is 4.03. The Labute approximate surface area is 166 Å². The molecule has 3 rings (SSSR count). The number of amides is 2. The molecule has 0 spiro atoms. The van der Waals surface area contributed by atoms with Crippen molar-refractivity contribution in [2.75, 3.05) is 36.4 Å². The molecule has 1 N–H and O–H groups in total. The first-order valence-corrected chi connectivity index (χ1v) is 9.17. The molecule has 1 fully saturated rings. The van der Waals surface area contributed by atoms with Gasteiger partial charge in [0.25, 0.3) is 0 Å². The van der Waals surface area contributed by atoms with Crippen molar-refractivity contribution in [3.8, 4) is 0 Å². The van der Waals surface area contributed by atoms with Gasteiger partial charge >= 0.3 is 6.03 Å². The Balaban J connectivity index is 1.62. The number of anilines is 2. The number of carbonyl (C=O) groups is 1. The molecule has 2 aromatic carbocycles. The number of carbonyl (C=O) groups excluding carboxylic acids is 1. The van der Waals surface area contributed by atoms with Gasteiger partial charge in [-0.1, -0.05) is 52.5 Å². The van der Waals surface area contributed by atoms with E-state index in [0.29, 0.717) is 52.0 Å². The summed E-state index contributed by atoms with van der Waals surface area (Å²) in [5.74, 6) is 0. The molecule has 2 amide bonds. The lowest BCUT2D eigenvalue weighted by Crippen LogP contribution is -2.50. The molecule has 0 unspecified atom stereocenters. The number of para-hydroxylation sites is 1. The van der Waals surface area contributed by atoms with Gasteiger partial charge in [0.2, 0.25) is 0 Å². The van der Waals surface area contributed by atoms with Crippen LogP contribution in [0.25, 0.3) is 0 Å². The van der Waals surface area contributed by atoms with E-state index in [-0.39, 0.29) is 6.03 Å². The molecule has 0 radical (unpaired) electrons. The zero-order chi connectivity index (χ0) is 18.0. The number of benzene rings is 2. The number of hydrogen-bond donors (Lipinski definition) is 1. The summed E-state index contributed by atoms with van der Waals surface area (Å²) in [5.41, 5.74) is 1.42. The zero-order valence-corrected chi connectivity index (χ0v) is 16.1. The summed E-state index contributed by atoms with van der Waals surface area (Å²) in [5, 5.41) is 4.66. The smallest absolute Gasteiger partial charge is 0.322 e. The molecule has 2 aromatic rings. The molecule has 132 valence electrons. The van der Waals surface area contributed by atoms with Gasteiger partial charge in [0.05, 0.1) is 25.8 Å².